The Morgan fingerprint density at radius 1 is 1.35 bits per heavy atom. The first-order chi connectivity index (χ1) is 7.97. The number of thioether (sulfide) groups is 1. The Balaban J connectivity index is 2.40. The van der Waals surface area contributed by atoms with Crippen molar-refractivity contribution in [1.29, 1.82) is 5.41 Å². The summed E-state index contributed by atoms with van der Waals surface area (Å²) in [6.45, 7) is 3.63. The molecule has 0 spiro atoms. The topological polar surface area (TPSA) is 73.2 Å². The lowest BCUT2D eigenvalue weighted by atomic mass is 10.1. The van der Waals surface area contributed by atoms with Gasteiger partial charge >= 0.3 is 0 Å². The molecule has 1 fully saturated rings. The summed E-state index contributed by atoms with van der Waals surface area (Å²) in [5.74, 6) is 0.0341. The molecule has 1 saturated heterocycles. The lowest BCUT2D eigenvalue weighted by Crippen LogP contribution is -2.18. The van der Waals surface area contributed by atoms with Gasteiger partial charge in [-0.1, -0.05) is 0 Å². The molecule has 4 nitrogen and oxygen atoms in total. The average molecular weight is 248 g/mol. The lowest BCUT2D eigenvalue weighted by Gasteiger charge is -2.05. The third-order valence-corrected chi connectivity index (χ3v) is 3.30. The predicted octanol–water partition coefficient (Wildman–Crippen LogP) is 2.15. The van der Waals surface area contributed by atoms with Crippen LogP contribution in [-0.2, 0) is 4.79 Å². The fraction of sp³-hybridized carbons (Fsp3) is 0.167. The maximum atomic E-state index is 11.4. The van der Waals surface area contributed by atoms with Crippen molar-refractivity contribution >= 4 is 28.9 Å². The minimum Gasteiger partial charge on any atom is -0.507 e. The van der Waals surface area contributed by atoms with E-state index in [4.69, 9.17) is 5.41 Å². The highest BCUT2D eigenvalue weighted by molar-refractivity contribution is 8.18. The van der Waals surface area contributed by atoms with Crippen LogP contribution in [0.15, 0.2) is 17.0 Å². The number of phenolic OH excluding ortho intramolecular Hbond substituents is 1. The van der Waals surface area contributed by atoms with Gasteiger partial charge < -0.3 is 10.4 Å². The van der Waals surface area contributed by atoms with E-state index in [1.165, 1.54) is 0 Å². The van der Waals surface area contributed by atoms with Gasteiger partial charge in [-0.3, -0.25) is 10.2 Å². The fourth-order valence-corrected chi connectivity index (χ4v) is 2.37. The Morgan fingerprint density at radius 2 is 1.94 bits per heavy atom. The van der Waals surface area contributed by atoms with Gasteiger partial charge in [0.1, 0.15) is 5.75 Å². The Bertz CT molecular complexity index is 526. The molecule has 3 N–H and O–H groups in total. The van der Waals surface area contributed by atoms with Crippen molar-refractivity contribution in [2.45, 2.75) is 13.8 Å². The van der Waals surface area contributed by atoms with Crippen LogP contribution in [0.25, 0.3) is 6.08 Å². The van der Waals surface area contributed by atoms with E-state index in [1.54, 1.807) is 6.08 Å². The predicted molar refractivity (Wildman–Crippen MR) is 69.0 cm³/mol. The highest BCUT2D eigenvalue weighted by atomic mass is 32.2. The standard InChI is InChI=1S/C12H12N2O2S/c1-6-3-8(4-7(2)10(6)15)5-9-11(16)14-12(13)17-9/h3-5,15H,1-2H3,(H2,13,14,16). The lowest BCUT2D eigenvalue weighted by molar-refractivity contribution is -0.115. The number of rotatable bonds is 1. The first-order valence-electron chi connectivity index (χ1n) is 5.07. The van der Waals surface area contributed by atoms with Crippen molar-refractivity contribution < 1.29 is 9.90 Å². The molecule has 1 aliphatic rings. The van der Waals surface area contributed by atoms with Crippen molar-refractivity contribution in [1.82, 2.24) is 5.32 Å². The number of nitrogens with one attached hydrogen (secondary N) is 2. The number of aromatic hydroxyl groups is 1. The quantitative estimate of drug-likeness (QED) is 0.667. The summed E-state index contributed by atoms with van der Waals surface area (Å²) in [6, 6.07) is 3.62. The van der Waals surface area contributed by atoms with Gasteiger partial charge in [-0.05, 0) is 60.5 Å². The molecule has 1 heterocycles. The van der Waals surface area contributed by atoms with Crippen molar-refractivity contribution in [2.24, 2.45) is 0 Å². The zero-order valence-electron chi connectivity index (χ0n) is 9.50. The second kappa shape index (κ2) is 4.25. The molecule has 0 aromatic heterocycles. The Labute approximate surface area is 103 Å². The minimum atomic E-state index is -0.247. The summed E-state index contributed by atoms with van der Waals surface area (Å²) in [6.07, 6.45) is 1.72. The molecule has 0 aliphatic carbocycles. The molecule has 0 atom stereocenters. The molecule has 1 aromatic carbocycles. The number of hydrogen-bond donors (Lipinski definition) is 3. The van der Waals surface area contributed by atoms with Crippen LogP contribution in [-0.4, -0.2) is 16.2 Å². The molecular formula is C12H12N2O2S. The van der Waals surface area contributed by atoms with E-state index in [2.05, 4.69) is 5.32 Å². The smallest absolute Gasteiger partial charge is 0.264 e. The van der Waals surface area contributed by atoms with Crippen molar-refractivity contribution in [2.75, 3.05) is 0 Å². The fourth-order valence-electron chi connectivity index (χ4n) is 1.67. The van der Waals surface area contributed by atoms with Crippen LogP contribution < -0.4 is 5.32 Å². The van der Waals surface area contributed by atoms with Crippen LogP contribution in [0.4, 0.5) is 0 Å². The Morgan fingerprint density at radius 3 is 2.41 bits per heavy atom. The number of hydrogen-bond acceptors (Lipinski definition) is 4. The van der Waals surface area contributed by atoms with Crippen molar-refractivity contribution in [3.05, 3.63) is 33.7 Å². The molecule has 0 saturated carbocycles. The van der Waals surface area contributed by atoms with E-state index >= 15 is 0 Å². The van der Waals surface area contributed by atoms with Crippen molar-refractivity contribution in [3.63, 3.8) is 0 Å². The SMILES string of the molecule is Cc1cc(C=C2SC(=N)NC2=O)cc(C)c1O. The number of phenols is 1. The summed E-state index contributed by atoms with van der Waals surface area (Å²) in [4.78, 5) is 11.9. The number of carbonyl (C=O) groups excluding carboxylic acids is 1. The van der Waals surface area contributed by atoms with Crippen LogP contribution in [0.3, 0.4) is 0 Å². The van der Waals surface area contributed by atoms with E-state index in [0.717, 1.165) is 28.5 Å². The van der Waals surface area contributed by atoms with Crippen LogP contribution in [0, 0.1) is 19.3 Å². The van der Waals surface area contributed by atoms with E-state index < -0.39 is 0 Å². The highest BCUT2D eigenvalue weighted by Gasteiger charge is 2.22. The summed E-state index contributed by atoms with van der Waals surface area (Å²) in [7, 11) is 0. The van der Waals surface area contributed by atoms with Gasteiger partial charge in [0.25, 0.3) is 5.91 Å². The molecule has 88 valence electrons. The third kappa shape index (κ3) is 2.34. The maximum absolute atomic E-state index is 11.4. The van der Waals surface area contributed by atoms with E-state index in [1.807, 2.05) is 26.0 Å². The van der Waals surface area contributed by atoms with Crippen molar-refractivity contribution in [3.8, 4) is 5.75 Å². The molecule has 17 heavy (non-hydrogen) atoms. The molecule has 2 rings (SSSR count). The zero-order valence-corrected chi connectivity index (χ0v) is 10.3. The Hall–Kier alpha value is -1.75. The van der Waals surface area contributed by atoms with Gasteiger partial charge in [0.05, 0.1) is 4.91 Å². The van der Waals surface area contributed by atoms with Crippen LogP contribution >= 0.6 is 11.8 Å². The van der Waals surface area contributed by atoms with Gasteiger partial charge in [0.15, 0.2) is 5.17 Å². The zero-order chi connectivity index (χ0) is 12.6. The summed E-state index contributed by atoms with van der Waals surface area (Å²) >= 11 is 1.11. The molecule has 1 aliphatic heterocycles. The number of amides is 1. The van der Waals surface area contributed by atoms with Gasteiger partial charge in [-0.15, -0.1) is 0 Å². The number of carbonyl (C=O) groups is 1. The highest BCUT2D eigenvalue weighted by Crippen LogP contribution is 2.28. The monoisotopic (exact) mass is 248 g/mol. The van der Waals surface area contributed by atoms with E-state index in [0.29, 0.717) is 4.91 Å². The van der Waals surface area contributed by atoms with Gasteiger partial charge in [-0.25, -0.2) is 0 Å². The second-order valence-corrected chi connectivity index (χ2v) is 4.95. The minimum absolute atomic E-state index is 0.147. The first-order valence-corrected chi connectivity index (χ1v) is 5.88. The second-order valence-electron chi connectivity index (χ2n) is 3.90. The van der Waals surface area contributed by atoms with Gasteiger partial charge in [-0.2, -0.15) is 0 Å². The normalized spacial score (nSPS) is 17.6. The molecule has 5 heteroatoms. The largest absolute Gasteiger partial charge is 0.507 e. The first kappa shape index (κ1) is 11.7. The number of aryl methyl sites for hydroxylation is 2. The number of benzene rings is 1. The maximum Gasteiger partial charge on any atom is 0.264 e. The third-order valence-electron chi connectivity index (χ3n) is 2.47. The van der Waals surface area contributed by atoms with E-state index in [9.17, 15) is 9.90 Å². The average Bonchev–Trinajstić information content (AvgIpc) is 2.54. The molecule has 1 aromatic rings. The van der Waals surface area contributed by atoms with Gasteiger partial charge in [0, 0.05) is 0 Å². The molecule has 1 amide bonds. The molecule has 0 bridgehead atoms. The molecule has 0 radical (unpaired) electrons. The number of amidine groups is 1. The van der Waals surface area contributed by atoms with E-state index in [-0.39, 0.29) is 16.8 Å². The molecule has 0 unspecified atom stereocenters. The molecular weight excluding hydrogens is 236 g/mol. The Kier molecular flexibility index (Phi) is 2.93. The summed E-state index contributed by atoms with van der Waals surface area (Å²) in [5, 5.41) is 19.6. The van der Waals surface area contributed by atoms with Crippen LogP contribution in [0.1, 0.15) is 16.7 Å². The summed E-state index contributed by atoms with van der Waals surface area (Å²) in [5.41, 5.74) is 2.40. The summed E-state index contributed by atoms with van der Waals surface area (Å²) < 4.78 is 0. The van der Waals surface area contributed by atoms with Crippen LogP contribution in [0.2, 0.25) is 0 Å². The van der Waals surface area contributed by atoms with Gasteiger partial charge in [0.2, 0.25) is 0 Å². The van der Waals surface area contributed by atoms with Crippen LogP contribution in [0.5, 0.6) is 5.75 Å².